The van der Waals surface area contributed by atoms with E-state index in [4.69, 9.17) is 4.98 Å². The number of aromatic amines is 2. The van der Waals surface area contributed by atoms with Crippen LogP contribution in [0.5, 0.6) is 0 Å². The second kappa shape index (κ2) is 10.4. The molecule has 7 aromatic rings. The van der Waals surface area contributed by atoms with Crippen LogP contribution in [0, 0.1) is 11.6 Å². The molecule has 4 heterocycles. The van der Waals surface area contributed by atoms with Crippen LogP contribution >= 0.6 is 0 Å². The van der Waals surface area contributed by atoms with E-state index in [9.17, 15) is 4.39 Å². The monoisotopic (exact) mass is 543 g/mol. The summed E-state index contributed by atoms with van der Waals surface area (Å²) < 4.78 is 29.2. The molecule has 0 aliphatic heterocycles. The molecule has 0 bridgehead atoms. The summed E-state index contributed by atoms with van der Waals surface area (Å²) in [5, 5.41) is 11.2. The number of nitrogens with one attached hydrogen (secondary N) is 3. The zero-order chi connectivity index (χ0) is 27.8. The Morgan fingerprint density at radius 1 is 0.756 bits per heavy atom. The van der Waals surface area contributed by atoms with Crippen LogP contribution in [0.4, 0.5) is 8.78 Å². The quantitative estimate of drug-likeness (QED) is 0.206. The summed E-state index contributed by atoms with van der Waals surface area (Å²) in [7, 11) is 0. The van der Waals surface area contributed by atoms with Crippen molar-refractivity contribution in [1.82, 2.24) is 35.5 Å². The van der Waals surface area contributed by atoms with Crippen molar-refractivity contribution in [3.63, 3.8) is 0 Å². The molecule has 0 radical (unpaired) electrons. The van der Waals surface area contributed by atoms with Crippen LogP contribution in [0.15, 0.2) is 97.5 Å². The van der Waals surface area contributed by atoms with E-state index in [0.717, 1.165) is 17.7 Å². The van der Waals surface area contributed by atoms with Gasteiger partial charge in [-0.15, -0.1) is 0 Å². The molecule has 3 aromatic carbocycles. The Hall–Kier alpha value is -5.28. The molecule has 0 saturated carbocycles. The van der Waals surface area contributed by atoms with E-state index in [-0.39, 0.29) is 11.3 Å². The average molecular weight is 544 g/mol. The minimum Gasteiger partial charge on any atom is -0.337 e. The van der Waals surface area contributed by atoms with E-state index < -0.39 is 5.82 Å². The average Bonchev–Trinajstić information content (AvgIpc) is 3.62. The molecule has 0 aliphatic rings. The molecular formula is C32H23F2N7. The minimum atomic E-state index is -0.453. The Labute approximate surface area is 233 Å². The summed E-state index contributed by atoms with van der Waals surface area (Å²) >= 11 is 0. The van der Waals surface area contributed by atoms with Crippen LogP contribution in [0.1, 0.15) is 11.1 Å². The van der Waals surface area contributed by atoms with Gasteiger partial charge in [-0.25, -0.2) is 13.8 Å². The van der Waals surface area contributed by atoms with Gasteiger partial charge in [-0.05, 0) is 53.1 Å². The lowest BCUT2D eigenvalue weighted by Crippen LogP contribution is -2.12. The molecular weight excluding hydrogens is 520 g/mol. The van der Waals surface area contributed by atoms with Crippen molar-refractivity contribution < 1.29 is 8.78 Å². The normalized spacial score (nSPS) is 11.5. The van der Waals surface area contributed by atoms with Gasteiger partial charge in [-0.3, -0.25) is 15.1 Å². The lowest BCUT2D eigenvalue weighted by Gasteiger charge is -2.08. The third-order valence-corrected chi connectivity index (χ3v) is 6.98. The third kappa shape index (κ3) is 4.83. The summed E-state index contributed by atoms with van der Waals surface area (Å²) in [6.07, 6.45) is 5.17. The highest BCUT2D eigenvalue weighted by atomic mass is 19.1. The van der Waals surface area contributed by atoms with E-state index in [1.165, 1.54) is 23.8 Å². The molecule has 0 unspecified atom stereocenters. The van der Waals surface area contributed by atoms with Crippen molar-refractivity contribution in [3.8, 4) is 33.9 Å². The summed E-state index contributed by atoms with van der Waals surface area (Å²) in [5.74, 6) is -0.335. The SMILES string of the molecule is Fc1cccc(-c2nccc3[nH]c(-c4[nH]nc5c(F)cc(-c6cncc(CNCc7ccccc7)c6)cc45)nc23)c1. The highest BCUT2D eigenvalue weighted by Crippen LogP contribution is 2.33. The predicted molar refractivity (Wildman–Crippen MR) is 155 cm³/mol. The number of benzene rings is 3. The maximum absolute atomic E-state index is 15.3. The van der Waals surface area contributed by atoms with E-state index in [2.05, 4.69) is 42.6 Å². The molecule has 3 N–H and O–H groups in total. The number of nitrogens with zero attached hydrogens (tertiary/aromatic N) is 4. The van der Waals surface area contributed by atoms with Gasteiger partial charge in [0.2, 0.25) is 0 Å². The van der Waals surface area contributed by atoms with Crippen molar-refractivity contribution in [3.05, 3.63) is 120 Å². The molecule has 7 nitrogen and oxygen atoms in total. The smallest absolute Gasteiger partial charge is 0.157 e. The standard InChI is InChI=1S/C32H23F2N7/c33-24-8-4-7-21(12-24)28-31-27(9-10-37-28)38-32(39-31)30-25-13-22(14-26(34)29(25)40-41-30)23-11-20(17-36-18-23)16-35-15-19-5-2-1-3-6-19/h1-14,17-18,35H,15-16H2,(H,38,39)(H,40,41). The number of rotatable bonds is 7. The Morgan fingerprint density at radius 2 is 1.63 bits per heavy atom. The van der Waals surface area contributed by atoms with Gasteiger partial charge in [0.1, 0.15) is 22.5 Å². The lowest BCUT2D eigenvalue weighted by molar-refractivity contribution is 0.628. The fourth-order valence-corrected chi connectivity index (χ4v) is 5.01. The maximum atomic E-state index is 15.3. The van der Waals surface area contributed by atoms with Crippen LogP contribution in [-0.4, -0.2) is 30.1 Å². The van der Waals surface area contributed by atoms with Gasteiger partial charge in [0.25, 0.3) is 0 Å². The fourth-order valence-electron chi connectivity index (χ4n) is 5.01. The topological polar surface area (TPSA) is 95.2 Å². The number of aromatic nitrogens is 6. The summed E-state index contributed by atoms with van der Waals surface area (Å²) in [6, 6.07) is 23.5. The van der Waals surface area contributed by atoms with Crippen LogP contribution in [0.2, 0.25) is 0 Å². The number of hydrogen-bond acceptors (Lipinski definition) is 5. The number of pyridine rings is 2. The number of imidazole rings is 1. The van der Waals surface area contributed by atoms with Gasteiger partial charge in [0.05, 0.1) is 11.2 Å². The highest BCUT2D eigenvalue weighted by molar-refractivity contribution is 5.97. The first-order valence-electron chi connectivity index (χ1n) is 13.1. The molecule has 200 valence electrons. The van der Waals surface area contributed by atoms with Crippen LogP contribution in [0.3, 0.4) is 0 Å². The van der Waals surface area contributed by atoms with Crippen LogP contribution in [0.25, 0.3) is 55.8 Å². The number of H-pyrrole nitrogens is 2. The molecule has 9 heteroatoms. The molecule has 0 spiro atoms. The number of fused-ring (bicyclic) bond motifs is 2. The fraction of sp³-hybridized carbons (Fsp3) is 0.0625. The van der Waals surface area contributed by atoms with Gasteiger partial charge in [0.15, 0.2) is 11.6 Å². The first kappa shape index (κ1) is 24.7. The molecule has 0 amide bonds. The molecule has 7 rings (SSSR count). The molecule has 41 heavy (non-hydrogen) atoms. The zero-order valence-corrected chi connectivity index (χ0v) is 21.7. The van der Waals surface area contributed by atoms with Gasteiger partial charge in [-0.2, -0.15) is 5.10 Å². The minimum absolute atomic E-state index is 0.210. The van der Waals surface area contributed by atoms with Gasteiger partial charge in [0, 0.05) is 48.2 Å². The molecule has 0 saturated heterocycles. The summed E-state index contributed by atoms with van der Waals surface area (Å²) in [4.78, 5) is 16.9. The molecule has 4 aromatic heterocycles. The van der Waals surface area contributed by atoms with Gasteiger partial charge < -0.3 is 10.3 Å². The van der Waals surface area contributed by atoms with E-state index in [1.807, 2.05) is 30.3 Å². The largest absolute Gasteiger partial charge is 0.337 e. The van der Waals surface area contributed by atoms with E-state index in [1.54, 1.807) is 36.8 Å². The second-order valence-electron chi connectivity index (χ2n) is 9.78. The lowest BCUT2D eigenvalue weighted by atomic mass is 10.0. The van der Waals surface area contributed by atoms with Crippen LogP contribution in [-0.2, 0) is 13.1 Å². The Bertz CT molecular complexity index is 2010. The maximum Gasteiger partial charge on any atom is 0.157 e. The van der Waals surface area contributed by atoms with Crippen molar-refractivity contribution in [2.75, 3.05) is 0 Å². The van der Waals surface area contributed by atoms with Gasteiger partial charge >= 0.3 is 0 Å². The van der Waals surface area contributed by atoms with Crippen molar-refractivity contribution in [2.45, 2.75) is 13.1 Å². The van der Waals surface area contributed by atoms with Crippen molar-refractivity contribution in [1.29, 1.82) is 0 Å². The van der Waals surface area contributed by atoms with E-state index >= 15 is 4.39 Å². The predicted octanol–water partition coefficient (Wildman–Crippen LogP) is 6.80. The highest BCUT2D eigenvalue weighted by Gasteiger charge is 2.18. The zero-order valence-electron chi connectivity index (χ0n) is 21.7. The molecule has 0 fully saturated rings. The second-order valence-corrected chi connectivity index (χ2v) is 9.78. The number of hydrogen-bond donors (Lipinski definition) is 3. The summed E-state index contributed by atoms with van der Waals surface area (Å²) in [5.41, 5.74) is 6.85. The van der Waals surface area contributed by atoms with Crippen LogP contribution < -0.4 is 5.32 Å². The van der Waals surface area contributed by atoms with Crippen molar-refractivity contribution in [2.24, 2.45) is 0 Å². The van der Waals surface area contributed by atoms with Gasteiger partial charge in [-0.1, -0.05) is 42.5 Å². The molecule has 0 atom stereocenters. The van der Waals surface area contributed by atoms with Crippen molar-refractivity contribution >= 4 is 21.9 Å². The summed E-state index contributed by atoms with van der Waals surface area (Å²) in [6.45, 7) is 1.36. The Morgan fingerprint density at radius 3 is 2.51 bits per heavy atom. The Kier molecular flexibility index (Phi) is 6.25. The third-order valence-electron chi connectivity index (χ3n) is 6.98. The number of halogens is 2. The first-order valence-corrected chi connectivity index (χ1v) is 13.1. The van der Waals surface area contributed by atoms with E-state index in [0.29, 0.717) is 51.3 Å². The Balaban J connectivity index is 1.23. The molecule has 0 aliphatic carbocycles. The first-order chi connectivity index (χ1) is 20.1.